The van der Waals surface area contributed by atoms with E-state index in [1.54, 1.807) is 0 Å². The number of unbranched alkanes of at least 4 members (excludes halogenated alkanes) is 3. The Kier molecular flexibility index (Phi) is 12.0. The summed E-state index contributed by atoms with van der Waals surface area (Å²) in [5.74, 6) is 1.27. The number of aliphatic hydroxyl groups is 1. The average molecular weight is 726 g/mol. The van der Waals surface area contributed by atoms with Gasteiger partial charge in [0.2, 0.25) is 17.7 Å². The Morgan fingerprint density at radius 2 is 1.56 bits per heavy atom. The van der Waals surface area contributed by atoms with Gasteiger partial charge in [0, 0.05) is 19.4 Å². The van der Waals surface area contributed by atoms with Crippen molar-refractivity contribution in [3.05, 3.63) is 12.2 Å². The molecule has 5 rings (SSSR count). The van der Waals surface area contributed by atoms with Gasteiger partial charge in [0.15, 0.2) is 0 Å². The Balaban J connectivity index is 1.19. The number of carbonyl (C=O) groups is 4. The Hall–Kier alpha value is -2.42. The third-order valence-corrected chi connectivity index (χ3v) is 16.6. The monoisotopic (exact) mass is 726 g/mol. The number of carbonyl (C=O) groups excluding carboxylic acids is 4. The number of nitrogens with two attached hydrogens (primary N) is 1. The fourth-order valence-electron chi connectivity index (χ4n) is 13.6. The van der Waals surface area contributed by atoms with Crippen LogP contribution in [0.3, 0.4) is 0 Å². The minimum absolute atomic E-state index is 0.00754. The molecule has 9 heteroatoms. The normalized spacial score (nSPS) is 39.5. The van der Waals surface area contributed by atoms with Crippen LogP contribution < -0.4 is 16.4 Å². The predicted molar refractivity (Wildman–Crippen MR) is 203 cm³/mol. The predicted octanol–water partition coefficient (Wildman–Crippen LogP) is 6.99. The number of allylic oxidation sites excluding steroid dienone is 1. The second-order valence-electron chi connectivity index (χ2n) is 19.3. The molecule has 0 aromatic rings. The number of ether oxygens (including phenoxy) is 1. The van der Waals surface area contributed by atoms with Crippen molar-refractivity contribution in [2.45, 2.75) is 163 Å². The van der Waals surface area contributed by atoms with E-state index in [0.29, 0.717) is 42.6 Å². The first-order valence-corrected chi connectivity index (χ1v) is 20.7. The maximum atomic E-state index is 14.4. The van der Waals surface area contributed by atoms with E-state index in [0.717, 1.165) is 57.8 Å². The van der Waals surface area contributed by atoms with Gasteiger partial charge in [0.1, 0.15) is 6.04 Å². The summed E-state index contributed by atoms with van der Waals surface area (Å²) < 4.78 is 4.76. The number of aliphatic hydroxyl groups excluding tert-OH is 1. The number of nitrogens with one attached hydrogen (secondary N) is 2. The second kappa shape index (κ2) is 15.4. The molecule has 5 aliphatic carbocycles. The third kappa shape index (κ3) is 6.98. The zero-order chi connectivity index (χ0) is 38.3. The minimum Gasteiger partial charge on any atom is -0.467 e. The van der Waals surface area contributed by atoms with Gasteiger partial charge in [-0.25, -0.2) is 4.79 Å². The van der Waals surface area contributed by atoms with Crippen LogP contribution >= 0.6 is 0 Å². The van der Waals surface area contributed by atoms with Gasteiger partial charge in [0.05, 0.1) is 18.6 Å². The molecular formula is C43H71N3O6. The van der Waals surface area contributed by atoms with Crippen molar-refractivity contribution in [2.24, 2.45) is 62.4 Å². The van der Waals surface area contributed by atoms with E-state index in [1.807, 2.05) is 0 Å². The Bertz CT molecular complexity index is 1380. The molecular weight excluding hydrogens is 654 g/mol. The van der Waals surface area contributed by atoms with Crippen molar-refractivity contribution in [3.63, 3.8) is 0 Å². The Morgan fingerprint density at radius 1 is 0.846 bits per heavy atom. The molecule has 0 heterocycles. The lowest BCUT2D eigenvalue weighted by molar-refractivity contribution is -0.246. The van der Waals surface area contributed by atoms with Crippen LogP contribution in [0.25, 0.3) is 0 Å². The van der Waals surface area contributed by atoms with Crippen molar-refractivity contribution in [3.8, 4) is 0 Å². The molecule has 5 saturated carbocycles. The molecule has 3 amide bonds. The minimum atomic E-state index is -0.878. The molecule has 294 valence electrons. The third-order valence-electron chi connectivity index (χ3n) is 16.6. The summed E-state index contributed by atoms with van der Waals surface area (Å²) in [4.78, 5) is 50.1. The first kappa shape index (κ1) is 40.8. The number of esters is 1. The lowest BCUT2D eigenvalue weighted by Gasteiger charge is -2.72. The molecule has 0 aromatic carbocycles. The van der Waals surface area contributed by atoms with Crippen LogP contribution in [0.5, 0.6) is 0 Å². The highest BCUT2D eigenvalue weighted by atomic mass is 16.5. The molecule has 0 spiro atoms. The molecule has 0 bridgehead atoms. The number of hydrogen-bond donors (Lipinski definition) is 4. The molecule has 5 N–H and O–H groups in total. The molecule has 0 unspecified atom stereocenters. The molecule has 9 nitrogen and oxygen atoms in total. The van der Waals surface area contributed by atoms with Crippen molar-refractivity contribution in [1.29, 1.82) is 0 Å². The van der Waals surface area contributed by atoms with Gasteiger partial charge >= 0.3 is 5.97 Å². The van der Waals surface area contributed by atoms with Gasteiger partial charge in [-0.2, -0.15) is 0 Å². The van der Waals surface area contributed by atoms with Crippen LogP contribution in [0.1, 0.15) is 151 Å². The molecule has 52 heavy (non-hydrogen) atoms. The highest BCUT2D eigenvalue weighted by Crippen LogP contribution is 2.77. The summed E-state index contributed by atoms with van der Waals surface area (Å²) in [7, 11) is 1.25. The fourth-order valence-corrected chi connectivity index (χ4v) is 13.6. The largest absolute Gasteiger partial charge is 0.467 e. The van der Waals surface area contributed by atoms with Crippen LogP contribution in [-0.2, 0) is 23.9 Å². The van der Waals surface area contributed by atoms with Gasteiger partial charge in [-0.15, -0.1) is 0 Å². The zero-order valence-electron chi connectivity index (χ0n) is 33.5. The van der Waals surface area contributed by atoms with E-state index in [1.165, 1.54) is 38.4 Å². The quantitative estimate of drug-likeness (QED) is 0.0862. The van der Waals surface area contributed by atoms with Crippen LogP contribution in [0.4, 0.5) is 0 Å². The highest BCUT2D eigenvalue weighted by molar-refractivity contribution is 5.85. The molecule has 5 aliphatic rings. The van der Waals surface area contributed by atoms with Crippen molar-refractivity contribution < 1.29 is 29.0 Å². The fraction of sp³-hybridized carbons (Fsp3) is 0.860. The number of hydrogen-bond acceptors (Lipinski definition) is 6. The number of primary amides is 1. The van der Waals surface area contributed by atoms with Crippen LogP contribution in [0, 0.1) is 56.7 Å². The number of fused-ring (bicyclic) bond motifs is 7. The van der Waals surface area contributed by atoms with Gasteiger partial charge < -0.3 is 26.2 Å². The zero-order valence-corrected chi connectivity index (χ0v) is 33.5. The molecule has 11 atom stereocenters. The summed E-state index contributed by atoms with van der Waals surface area (Å²) in [5, 5.41) is 17.2. The lowest BCUT2D eigenvalue weighted by Crippen LogP contribution is -2.67. The van der Waals surface area contributed by atoms with Crippen molar-refractivity contribution in [1.82, 2.24) is 10.6 Å². The number of rotatable bonds is 14. The maximum absolute atomic E-state index is 14.4. The summed E-state index contributed by atoms with van der Waals surface area (Å²) in [6.07, 6.45) is 14.3. The van der Waals surface area contributed by atoms with E-state index in [4.69, 9.17) is 10.5 Å². The smallest absolute Gasteiger partial charge is 0.328 e. The lowest BCUT2D eigenvalue weighted by atomic mass is 9.32. The van der Waals surface area contributed by atoms with Crippen LogP contribution in [0.15, 0.2) is 12.2 Å². The Morgan fingerprint density at radius 3 is 2.23 bits per heavy atom. The Labute approximate surface area is 313 Å². The van der Waals surface area contributed by atoms with Gasteiger partial charge in [0.25, 0.3) is 0 Å². The highest BCUT2D eigenvalue weighted by Gasteiger charge is 2.71. The summed E-state index contributed by atoms with van der Waals surface area (Å²) >= 11 is 0. The first-order chi connectivity index (χ1) is 24.4. The first-order valence-electron chi connectivity index (χ1n) is 20.7. The van der Waals surface area contributed by atoms with E-state index in [2.05, 4.69) is 58.8 Å². The van der Waals surface area contributed by atoms with Crippen LogP contribution in [0.2, 0.25) is 0 Å². The molecule has 0 saturated heterocycles. The van der Waals surface area contributed by atoms with E-state index in [-0.39, 0.29) is 64.3 Å². The van der Waals surface area contributed by atoms with Gasteiger partial charge in [-0.1, -0.05) is 59.6 Å². The molecule has 0 aromatic heterocycles. The SMILES string of the molecule is C=C(C)[C@@H]1CC[C@]2(C(=O)NCCCCCCC(=O)N[C@@H](CCC(N)=O)C(=O)OC)CC[C@]3(C)[C@H](CC[C@@H]4[C@@]5(C)CC[C@H](O)C(C)(C)[C@@H]5CC[C@]43C)[C@@H]12. The number of amides is 3. The molecule has 5 fully saturated rings. The van der Waals surface area contributed by atoms with Gasteiger partial charge in [-0.05, 0) is 142 Å². The molecule has 0 radical (unpaired) electrons. The van der Waals surface area contributed by atoms with E-state index < -0.39 is 17.9 Å². The topological polar surface area (TPSA) is 148 Å². The summed E-state index contributed by atoms with van der Waals surface area (Å²) in [6.45, 7) is 19.8. The van der Waals surface area contributed by atoms with Gasteiger partial charge in [-0.3, -0.25) is 14.4 Å². The van der Waals surface area contributed by atoms with Crippen molar-refractivity contribution >= 4 is 23.7 Å². The van der Waals surface area contributed by atoms with E-state index >= 15 is 0 Å². The van der Waals surface area contributed by atoms with Crippen LogP contribution in [-0.4, -0.2) is 54.6 Å². The number of methoxy groups -OCH3 is 1. The second-order valence-corrected chi connectivity index (χ2v) is 19.3. The summed E-state index contributed by atoms with van der Waals surface area (Å²) in [5.41, 5.74) is 6.67. The van der Waals surface area contributed by atoms with E-state index in [9.17, 15) is 24.3 Å². The standard InChI is InChI=1S/C43H71N3O6/c1-27(2)28-18-23-43(38(51)45-26-12-10-9-11-13-35(49)46-30(37(50)52-8)15-17-34(44)48)25-24-41(6)29(36(28)43)14-16-32-40(5)21-20-33(47)39(3,4)31(40)19-22-42(32,41)7/h28-33,36,47H,1,9-26H2,2-8H3,(H2,44,48)(H,45,51)(H,46,49)/t28-,29+,30-,31-,32+,33-,36+,40-,41+,42+,43-/m0/s1. The maximum Gasteiger partial charge on any atom is 0.328 e. The summed E-state index contributed by atoms with van der Waals surface area (Å²) in [6, 6.07) is -0.878. The van der Waals surface area contributed by atoms with Crippen molar-refractivity contribution in [2.75, 3.05) is 13.7 Å². The molecule has 0 aliphatic heterocycles. The average Bonchev–Trinajstić information content (AvgIpc) is 3.49.